The zero-order valence-corrected chi connectivity index (χ0v) is 14.7. The fraction of sp³-hybridized carbons (Fsp3) is 0.235. The number of anilines is 3. The third-order valence-electron chi connectivity index (χ3n) is 3.48. The molecule has 8 heteroatoms. The number of carbonyl (C=O) groups excluding carboxylic acids is 1. The molecule has 0 aromatic heterocycles. The molecule has 2 aromatic carbocycles. The molecule has 25 heavy (non-hydrogen) atoms. The van der Waals surface area contributed by atoms with Crippen molar-refractivity contribution in [3.05, 3.63) is 57.6 Å². The fourth-order valence-electron chi connectivity index (χ4n) is 2.30. The molecule has 0 spiro atoms. The van der Waals surface area contributed by atoms with Crippen LogP contribution in [0.2, 0.25) is 5.02 Å². The Morgan fingerprint density at radius 3 is 2.60 bits per heavy atom. The molecular weight excluding hydrogens is 344 g/mol. The third-order valence-corrected chi connectivity index (χ3v) is 3.72. The van der Waals surface area contributed by atoms with Gasteiger partial charge in [0.05, 0.1) is 16.3 Å². The zero-order chi connectivity index (χ0) is 18.4. The molecule has 0 radical (unpaired) electrons. The Bertz CT molecular complexity index is 780. The van der Waals surface area contributed by atoms with Crippen molar-refractivity contribution < 1.29 is 9.72 Å². The molecule has 0 saturated carbocycles. The maximum atomic E-state index is 12.2. The summed E-state index contributed by atoms with van der Waals surface area (Å²) in [7, 11) is 3.74. The van der Waals surface area contributed by atoms with Gasteiger partial charge in [-0.2, -0.15) is 0 Å². The number of carbonyl (C=O) groups is 1. The molecule has 0 aliphatic carbocycles. The van der Waals surface area contributed by atoms with Crippen LogP contribution in [0.15, 0.2) is 42.5 Å². The predicted molar refractivity (Wildman–Crippen MR) is 101 cm³/mol. The van der Waals surface area contributed by atoms with Gasteiger partial charge in [-0.25, -0.2) is 0 Å². The Hall–Kier alpha value is -2.80. The minimum Gasteiger partial charge on any atom is -0.379 e. The quantitative estimate of drug-likeness (QED) is 0.578. The van der Waals surface area contributed by atoms with Crippen molar-refractivity contribution in [3.63, 3.8) is 0 Å². The average Bonchev–Trinajstić information content (AvgIpc) is 2.54. The van der Waals surface area contributed by atoms with Crippen molar-refractivity contribution in [2.24, 2.45) is 0 Å². The van der Waals surface area contributed by atoms with Crippen molar-refractivity contribution in [3.8, 4) is 0 Å². The van der Waals surface area contributed by atoms with Crippen LogP contribution in [0.25, 0.3) is 0 Å². The first-order valence-electron chi connectivity index (χ1n) is 7.62. The highest BCUT2D eigenvalue weighted by atomic mass is 35.5. The summed E-state index contributed by atoms with van der Waals surface area (Å²) in [5.74, 6) is -0.212. The van der Waals surface area contributed by atoms with Crippen LogP contribution in [-0.4, -0.2) is 31.5 Å². The van der Waals surface area contributed by atoms with Crippen LogP contribution >= 0.6 is 11.6 Å². The van der Waals surface area contributed by atoms with Gasteiger partial charge in [0, 0.05) is 38.1 Å². The van der Waals surface area contributed by atoms with Crippen molar-refractivity contribution in [2.75, 3.05) is 36.2 Å². The number of nitro groups is 1. The van der Waals surface area contributed by atoms with E-state index in [1.165, 1.54) is 6.07 Å². The normalized spacial score (nSPS) is 10.2. The van der Waals surface area contributed by atoms with Gasteiger partial charge in [0.1, 0.15) is 5.69 Å². The van der Waals surface area contributed by atoms with Crippen molar-refractivity contribution in [2.45, 2.75) is 6.42 Å². The van der Waals surface area contributed by atoms with E-state index in [1.807, 2.05) is 25.1 Å². The van der Waals surface area contributed by atoms with Gasteiger partial charge in [0.25, 0.3) is 5.69 Å². The molecule has 0 unspecified atom stereocenters. The van der Waals surface area contributed by atoms with Gasteiger partial charge in [-0.1, -0.05) is 23.7 Å². The number of rotatable bonds is 7. The SMILES string of the molecule is CN(C)c1ccc(Cl)cc1NC(=O)CCNc1ccccc1[N+](=O)[O-]. The second-order valence-corrected chi connectivity index (χ2v) is 5.99. The molecule has 2 rings (SSSR count). The summed E-state index contributed by atoms with van der Waals surface area (Å²) >= 11 is 5.99. The standard InChI is InChI=1S/C17H19ClN4O3/c1-21(2)15-8-7-12(18)11-14(15)20-17(23)9-10-19-13-5-3-4-6-16(13)22(24)25/h3-8,11,19H,9-10H2,1-2H3,(H,20,23). The van der Waals surface area contributed by atoms with Crippen LogP contribution in [0.5, 0.6) is 0 Å². The van der Waals surface area contributed by atoms with E-state index < -0.39 is 4.92 Å². The molecule has 2 N–H and O–H groups in total. The molecule has 0 atom stereocenters. The van der Waals surface area contributed by atoms with E-state index >= 15 is 0 Å². The monoisotopic (exact) mass is 362 g/mol. The average molecular weight is 363 g/mol. The highest BCUT2D eigenvalue weighted by Gasteiger charge is 2.13. The van der Waals surface area contributed by atoms with Gasteiger partial charge in [0.15, 0.2) is 0 Å². The number of amides is 1. The van der Waals surface area contributed by atoms with E-state index in [0.717, 1.165) is 5.69 Å². The number of hydrogen-bond acceptors (Lipinski definition) is 5. The van der Waals surface area contributed by atoms with Crippen LogP contribution in [0, 0.1) is 10.1 Å². The summed E-state index contributed by atoms with van der Waals surface area (Å²) < 4.78 is 0. The van der Waals surface area contributed by atoms with Gasteiger partial charge in [-0.15, -0.1) is 0 Å². The van der Waals surface area contributed by atoms with Crippen LogP contribution < -0.4 is 15.5 Å². The van der Waals surface area contributed by atoms with Gasteiger partial charge < -0.3 is 15.5 Å². The molecule has 0 heterocycles. The Labute approximate surface area is 150 Å². The van der Waals surface area contributed by atoms with Crippen LogP contribution in [0.3, 0.4) is 0 Å². The lowest BCUT2D eigenvalue weighted by molar-refractivity contribution is -0.384. The summed E-state index contributed by atoms with van der Waals surface area (Å²) in [6, 6.07) is 11.6. The van der Waals surface area contributed by atoms with E-state index in [4.69, 9.17) is 11.6 Å². The first-order valence-corrected chi connectivity index (χ1v) is 8.00. The summed E-state index contributed by atoms with van der Waals surface area (Å²) in [4.78, 5) is 24.5. The number of nitro benzene ring substituents is 1. The van der Waals surface area contributed by atoms with Gasteiger partial charge in [0.2, 0.25) is 5.91 Å². The number of hydrogen-bond donors (Lipinski definition) is 2. The highest BCUT2D eigenvalue weighted by Crippen LogP contribution is 2.28. The minimum atomic E-state index is -0.461. The number of para-hydroxylation sites is 2. The van der Waals surface area contributed by atoms with Crippen molar-refractivity contribution in [1.29, 1.82) is 0 Å². The summed E-state index contributed by atoms with van der Waals surface area (Å²) in [5, 5.41) is 17.2. The molecule has 0 bridgehead atoms. The molecule has 0 aliphatic rings. The van der Waals surface area contributed by atoms with Crippen molar-refractivity contribution >= 4 is 40.3 Å². The molecule has 1 amide bonds. The summed E-state index contributed by atoms with van der Waals surface area (Å²) in [6.45, 7) is 0.272. The third kappa shape index (κ3) is 5.09. The van der Waals surface area contributed by atoms with E-state index in [9.17, 15) is 14.9 Å². The summed E-state index contributed by atoms with van der Waals surface area (Å²) in [6.07, 6.45) is 0.158. The Morgan fingerprint density at radius 2 is 1.92 bits per heavy atom. The molecule has 0 fully saturated rings. The van der Waals surface area contributed by atoms with E-state index in [1.54, 1.807) is 30.3 Å². The Kier molecular flexibility index (Phi) is 6.19. The number of nitrogens with zero attached hydrogens (tertiary/aromatic N) is 2. The maximum Gasteiger partial charge on any atom is 0.292 e. The molecule has 7 nitrogen and oxygen atoms in total. The van der Waals surface area contributed by atoms with Crippen LogP contribution in [0.4, 0.5) is 22.7 Å². The number of nitrogens with one attached hydrogen (secondary N) is 2. The lowest BCUT2D eigenvalue weighted by Crippen LogP contribution is -2.19. The second kappa shape index (κ2) is 8.34. The smallest absolute Gasteiger partial charge is 0.292 e. The molecule has 0 aliphatic heterocycles. The largest absolute Gasteiger partial charge is 0.379 e. The van der Waals surface area contributed by atoms with Crippen molar-refractivity contribution in [1.82, 2.24) is 0 Å². The number of halogens is 1. The maximum absolute atomic E-state index is 12.2. The Balaban J connectivity index is 1.96. The van der Waals surface area contributed by atoms with E-state index in [0.29, 0.717) is 16.4 Å². The molecule has 0 saturated heterocycles. The number of benzene rings is 2. The minimum absolute atomic E-state index is 0.0207. The highest BCUT2D eigenvalue weighted by molar-refractivity contribution is 6.31. The first-order chi connectivity index (χ1) is 11.9. The lowest BCUT2D eigenvalue weighted by atomic mass is 10.2. The van der Waals surface area contributed by atoms with Crippen LogP contribution in [-0.2, 0) is 4.79 Å². The molecule has 132 valence electrons. The van der Waals surface area contributed by atoms with E-state index in [-0.39, 0.29) is 24.6 Å². The second-order valence-electron chi connectivity index (χ2n) is 5.56. The molecule has 2 aromatic rings. The summed E-state index contributed by atoms with van der Waals surface area (Å²) in [5.41, 5.74) is 1.82. The lowest BCUT2D eigenvalue weighted by Gasteiger charge is -2.18. The van der Waals surface area contributed by atoms with E-state index in [2.05, 4.69) is 10.6 Å². The molecular formula is C17H19ClN4O3. The first kappa shape index (κ1) is 18.5. The predicted octanol–water partition coefficient (Wildman–Crippen LogP) is 3.75. The zero-order valence-electron chi connectivity index (χ0n) is 14.0. The Morgan fingerprint density at radius 1 is 1.20 bits per heavy atom. The van der Waals surface area contributed by atoms with Crippen LogP contribution in [0.1, 0.15) is 6.42 Å². The fourth-order valence-corrected chi connectivity index (χ4v) is 2.48. The van der Waals surface area contributed by atoms with Gasteiger partial charge in [-0.3, -0.25) is 14.9 Å². The van der Waals surface area contributed by atoms with Gasteiger partial charge in [-0.05, 0) is 24.3 Å². The topological polar surface area (TPSA) is 87.5 Å². The van der Waals surface area contributed by atoms with Gasteiger partial charge >= 0.3 is 0 Å².